The van der Waals surface area contributed by atoms with Crippen molar-refractivity contribution in [2.45, 2.75) is 71.6 Å². The maximum absolute atomic E-state index is 12.4. The van der Waals surface area contributed by atoms with E-state index in [2.05, 4.69) is 5.32 Å². The monoisotopic (exact) mass is 526 g/mol. The Morgan fingerprint density at radius 3 is 1.97 bits per heavy atom. The van der Waals surface area contributed by atoms with E-state index in [-0.39, 0.29) is 29.1 Å². The predicted octanol–water partition coefficient (Wildman–Crippen LogP) is 5.79. The molecule has 0 spiro atoms. The minimum absolute atomic E-state index is 0.156. The first-order chi connectivity index (χ1) is 17.8. The lowest BCUT2D eigenvalue weighted by molar-refractivity contribution is -0.116. The molecule has 1 aliphatic rings. The molecule has 3 amide bonds. The van der Waals surface area contributed by atoms with Crippen LogP contribution in [-0.4, -0.2) is 48.0 Å². The Morgan fingerprint density at radius 1 is 0.892 bits per heavy atom. The second-order valence-corrected chi connectivity index (χ2v) is 10.3. The third-order valence-electron chi connectivity index (χ3n) is 6.52. The van der Waals surface area contributed by atoms with Crippen molar-refractivity contribution >= 4 is 45.8 Å². The molecule has 0 bridgehead atoms. The lowest BCUT2D eigenvalue weighted by Crippen LogP contribution is -2.30. The number of ether oxygens (including phenoxy) is 1. The van der Waals surface area contributed by atoms with Crippen molar-refractivity contribution in [1.82, 2.24) is 4.90 Å². The molecular formula is C28H34N2O6S. The molecule has 1 aromatic heterocycles. The van der Waals surface area contributed by atoms with Gasteiger partial charge in [-0.3, -0.25) is 24.1 Å². The van der Waals surface area contributed by atoms with Gasteiger partial charge in [0, 0.05) is 13.0 Å². The Morgan fingerprint density at radius 2 is 1.43 bits per heavy atom. The lowest BCUT2D eigenvalue weighted by atomic mass is 10.1. The molecule has 0 aliphatic carbocycles. The van der Waals surface area contributed by atoms with Crippen molar-refractivity contribution in [3.8, 4) is 0 Å². The molecule has 0 radical (unpaired) electrons. The van der Waals surface area contributed by atoms with Crippen LogP contribution in [0.3, 0.4) is 0 Å². The molecule has 1 aliphatic heterocycles. The van der Waals surface area contributed by atoms with Gasteiger partial charge in [-0.1, -0.05) is 50.7 Å². The van der Waals surface area contributed by atoms with Crippen LogP contribution in [0.5, 0.6) is 0 Å². The van der Waals surface area contributed by atoms with Gasteiger partial charge in [0.1, 0.15) is 5.00 Å². The molecule has 1 N–H and O–H groups in total. The molecule has 0 unspecified atom stereocenters. The normalized spacial score (nSPS) is 12.6. The smallest absolute Gasteiger partial charge is 0.341 e. The first-order valence-corrected chi connectivity index (χ1v) is 13.6. The number of rotatable bonds is 14. The summed E-state index contributed by atoms with van der Waals surface area (Å²) in [5.41, 5.74) is 1.77. The quantitative estimate of drug-likeness (QED) is 0.144. The number of carbonyl (C=O) groups is 5. The maximum Gasteiger partial charge on any atom is 0.341 e. The van der Waals surface area contributed by atoms with Gasteiger partial charge in [0.2, 0.25) is 5.91 Å². The highest BCUT2D eigenvalue weighted by Crippen LogP contribution is 2.34. The number of nitrogens with one attached hydrogen (secondary N) is 1. The van der Waals surface area contributed by atoms with E-state index in [9.17, 15) is 24.0 Å². The van der Waals surface area contributed by atoms with Crippen LogP contribution in [0.1, 0.15) is 111 Å². The topological polar surface area (TPSA) is 110 Å². The summed E-state index contributed by atoms with van der Waals surface area (Å²) in [5.74, 6) is -1.30. The first kappa shape index (κ1) is 28.2. The summed E-state index contributed by atoms with van der Waals surface area (Å²) in [4.78, 5) is 62.9. The van der Waals surface area contributed by atoms with Crippen molar-refractivity contribution in [2.24, 2.45) is 0 Å². The van der Waals surface area contributed by atoms with E-state index >= 15 is 0 Å². The summed E-state index contributed by atoms with van der Waals surface area (Å²) in [7, 11) is 1.27. The van der Waals surface area contributed by atoms with Gasteiger partial charge in [-0.2, -0.15) is 0 Å². The molecular weight excluding hydrogens is 492 g/mol. The van der Waals surface area contributed by atoms with Crippen molar-refractivity contribution in [3.63, 3.8) is 0 Å². The number of hydrogen-bond donors (Lipinski definition) is 1. The van der Waals surface area contributed by atoms with Crippen molar-refractivity contribution < 1.29 is 28.7 Å². The molecule has 0 fully saturated rings. The van der Waals surface area contributed by atoms with Crippen molar-refractivity contribution in [3.05, 3.63) is 51.4 Å². The molecule has 1 aromatic carbocycles. The van der Waals surface area contributed by atoms with E-state index in [0.29, 0.717) is 39.5 Å². The Balaban J connectivity index is 1.28. The summed E-state index contributed by atoms with van der Waals surface area (Å²) in [6, 6.07) is 6.95. The largest absolute Gasteiger partial charge is 0.465 e. The number of fused-ring (bicyclic) bond motifs is 1. The van der Waals surface area contributed by atoms with Gasteiger partial charge >= 0.3 is 5.97 Å². The Kier molecular flexibility index (Phi) is 10.1. The van der Waals surface area contributed by atoms with Crippen LogP contribution in [0, 0.1) is 6.92 Å². The summed E-state index contributed by atoms with van der Waals surface area (Å²) in [5, 5.41) is 3.14. The van der Waals surface area contributed by atoms with Crippen LogP contribution in [-0.2, 0) is 9.53 Å². The van der Waals surface area contributed by atoms with Crippen LogP contribution in [0.2, 0.25) is 0 Å². The van der Waals surface area contributed by atoms with Gasteiger partial charge in [0.05, 0.1) is 28.7 Å². The summed E-state index contributed by atoms with van der Waals surface area (Å²) in [6.07, 6.45) is 7.95. The predicted molar refractivity (Wildman–Crippen MR) is 142 cm³/mol. The van der Waals surface area contributed by atoms with Gasteiger partial charge in [-0.25, -0.2) is 4.79 Å². The number of esters is 1. The van der Waals surface area contributed by atoms with E-state index in [1.807, 2.05) is 0 Å². The molecule has 0 saturated carbocycles. The number of Topliss-reactive ketones (excluding diaryl/α,β-unsaturated/α-hetero) is 1. The standard InChI is InChI=1S/C28H34N2O6S/c1-18-23(28(35)36-3)25(37-24(18)19(2)31)29-22(32)16-10-8-6-4-5-7-9-13-17-30-26(33)20-14-11-12-15-21(20)27(30)34/h11-12,14-15H,4-10,13,16-17H2,1-3H3,(H,29,32). The fourth-order valence-electron chi connectivity index (χ4n) is 4.53. The van der Waals surface area contributed by atoms with Crippen LogP contribution in [0.25, 0.3) is 0 Å². The fraction of sp³-hybridized carbons (Fsp3) is 0.464. The summed E-state index contributed by atoms with van der Waals surface area (Å²) < 4.78 is 4.81. The maximum atomic E-state index is 12.4. The van der Waals surface area contributed by atoms with Gasteiger partial charge in [0.25, 0.3) is 11.8 Å². The van der Waals surface area contributed by atoms with Gasteiger partial charge < -0.3 is 10.1 Å². The van der Waals surface area contributed by atoms with E-state index in [0.717, 1.165) is 62.7 Å². The minimum atomic E-state index is -0.569. The summed E-state index contributed by atoms with van der Waals surface area (Å²) in [6.45, 7) is 3.57. The molecule has 2 heterocycles. The molecule has 37 heavy (non-hydrogen) atoms. The summed E-state index contributed by atoms with van der Waals surface area (Å²) >= 11 is 1.11. The number of amides is 3. The van der Waals surface area contributed by atoms with Crippen LogP contribution in [0.4, 0.5) is 5.00 Å². The number of benzene rings is 1. The minimum Gasteiger partial charge on any atom is -0.465 e. The van der Waals surface area contributed by atoms with E-state index in [1.54, 1.807) is 31.2 Å². The zero-order chi connectivity index (χ0) is 26.9. The second-order valence-electron chi connectivity index (χ2n) is 9.24. The van der Waals surface area contributed by atoms with Crippen LogP contribution >= 0.6 is 11.3 Å². The fourth-order valence-corrected chi connectivity index (χ4v) is 5.64. The molecule has 198 valence electrons. The number of imide groups is 1. The number of unbranched alkanes of at least 4 members (excludes halogenated alkanes) is 7. The molecule has 9 heteroatoms. The van der Waals surface area contributed by atoms with Crippen molar-refractivity contribution in [1.29, 1.82) is 0 Å². The average Bonchev–Trinajstić information content (AvgIpc) is 3.33. The number of ketones is 1. The number of methoxy groups -OCH3 is 1. The van der Waals surface area contributed by atoms with E-state index < -0.39 is 5.97 Å². The lowest BCUT2D eigenvalue weighted by Gasteiger charge is -2.13. The molecule has 0 atom stereocenters. The number of nitrogens with zero attached hydrogens (tertiary/aromatic N) is 1. The number of anilines is 1. The third kappa shape index (κ3) is 6.91. The SMILES string of the molecule is COC(=O)c1c(NC(=O)CCCCCCCCCCN2C(=O)c3ccccc3C2=O)sc(C(C)=O)c1C. The van der Waals surface area contributed by atoms with Crippen LogP contribution < -0.4 is 5.32 Å². The Hall–Kier alpha value is -3.33. The zero-order valence-electron chi connectivity index (χ0n) is 21.7. The van der Waals surface area contributed by atoms with Crippen LogP contribution in [0.15, 0.2) is 24.3 Å². The molecule has 0 saturated heterocycles. The highest BCUT2D eigenvalue weighted by atomic mass is 32.1. The number of carbonyl (C=O) groups excluding carboxylic acids is 5. The first-order valence-electron chi connectivity index (χ1n) is 12.7. The van der Waals surface area contributed by atoms with Gasteiger partial charge in [0.15, 0.2) is 5.78 Å². The number of hydrogen-bond acceptors (Lipinski definition) is 7. The second kappa shape index (κ2) is 13.3. The van der Waals surface area contributed by atoms with Gasteiger partial charge in [-0.15, -0.1) is 11.3 Å². The van der Waals surface area contributed by atoms with Crippen molar-refractivity contribution in [2.75, 3.05) is 19.0 Å². The average molecular weight is 527 g/mol. The Bertz CT molecular complexity index is 1150. The highest BCUT2D eigenvalue weighted by Gasteiger charge is 2.34. The third-order valence-corrected chi connectivity index (χ3v) is 7.83. The van der Waals surface area contributed by atoms with E-state index in [4.69, 9.17) is 4.74 Å². The zero-order valence-corrected chi connectivity index (χ0v) is 22.5. The number of thiophene rings is 1. The van der Waals surface area contributed by atoms with E-state index in [1.165, 1.54) is 18.9 Å². The Labute approximate surface area is 221 Å². The van der Waals surface area contributed by atoms with Gasteiger partial charge in [-0.05, 0) is 44.4 Å². The molecule has 8 nitrogen and oxygen atoms in total. The highest BCUT2D eigenvalue weighted by molar-refractivity contribution is 7.18. The molecule has 3 rings (SSSR count). The molecule has 2 aromatic rings.